The van der Waals surface area contributed by atoms with Crippen LogP contribution in [0.5, 0.6) is 0 Å². The summed E-state index contributed by atoms with van der Waals surface area (Å²) in [5.74, 6) is -1.49. The maximum atomic E-state index is 12.3. The predicted molar refractivity (Wildman–Crippen MR) is 116 cm³/mol. The van der Waals surface area contributed by atoms with Gasteiger partial charge in [0.05, 0.1) is 12.0 Å². The average Bonchev–Trinajstić information content (AvgIpc) is 3.24. The molecule has 0 fully saturated rings. The Hall–Kier alpha value is -4.06. The number of hydrogen-bond donors (Lipinski definition) is 5. The lowest BCUT2D eigenvalue weighted by atomic mass is 10.2. The lowest BCUT2D eigenvalue weighted by molar-refractivity contribution is -0.114. The van der Waals surface area contributed by atoms with Crippen LogP contribution in [0.1, 0.15) is 17.5 Å². The van der Waals surface area contributed by atoms with Crippen LogP contribution in [-0.2, 0) is 9.59 Å². The number of nitrogen functional groups attached to an aromatic ring is 1. The first kappa shape index (κ1) is 21.6. The normalized spacial score (nSPS) is 10.4. The third-order valence-electron chi connectivity index (χ3n) is 3.72. The zero-order valence-electron chi connectivity index (χ0n) is 16.2. The number of nitrogens with two attached hydrogens (primary N) is 1. The molecule has 3 aromatic rings. The van der Waals surface area contributed by atoms with Crippen molar-refractivity contribution in [3.05, 3.63) is 58.8 Å². The number of carbonyl (C=O) groups is 3. The molecule has 0 aliphatic rings. The zero-order valence-corrected chi connectivity index (χ0v) is 17.0. The number of amides is 3. The second-order valence-corrected chi connectivity index (χ2v) is 7.13. The number of benzene rings is 1. The Morgan fingerprint density at radius 1 is 1.13 bits per heavy atom. The van der Waals surface area contributed by atoms with E-state index in [0.29, 0.717) is 11.4 Å². The molecule has 3 rings (SSSR count). The molecule has 11 nitrogen and oxygen atoms in total. The van der Waals surface area contributed by atoms with Gasteiger partial charge in [-0.1, -0.05) is 17.8 Å². The number of hydrogen-bond acceptors (Lipinski definition) is 8. The van der Waals surface area contributed by atoms with Crippen LogP contribution in [0.3, 0.4) is 0 Å². The molecule has 1 aromatic carbocycles. The Labute approximate surface area is 179 Å². The molecule has 2 aromatic heterocycles. The van der Waals surface area contributed by atoms with Gasteiger partial charge in [0.1, 0.15) is 0 Å². The Balaban J connectivity index is 1.60. The molecule has 0 aliphatic carbocycles. The summed E-state index contributed by atoms with van der Waals surface area (Å²) in [6.45, 7) is 1.38. The predicted octanol–water partition coefficient (Wildman–Crippen LogP) is 1.89. The molecule has 2 heterocycles. The molecule has 3 amide bonds. The molecule has 0 saturated carbocycles. The van der Waals surface area contributed by atoms with Crippen molar-refractivity contribution in [2.75, 3.05) is 27.4 Å². The zero-order chi connectivity index (χ0) is 22.4. The van der Waals surface area contributed by atoms with Gasteiger partial charge in [0.15, 0.2) is 22.4 Å². The van der Waals surface area contributed by atoms with Crippen molar-refractivity contribution in [2.45, 2.75) is 12.1 Å². The Morgan fingerprint density at radius 3 is 2.52 bits per heavy atom. The maximum Gasteiger partial charge on any atom is 0.291 e. The van der Waals surface area contributed by atoms with Crippen molar-refractivity contribution in [1.82, 2.24) is 9.97 Å². The van der Waals surface area contributed by atoms with Gasteiger partial charge in [-0.25, -0.2) is 4.98 Å². The van der Waals surface area contributed by atoms with Crippen LogP contribution in [0.2, 0.25) is 0 Å². The largest absolute Gasteiger partial charge is 0.459 e. The molecule has 0 atom stereocenters. The van der Waals surface area contributed by atoms with Gasteiger partial charge in [-0.05, 0) is 30.3 Å². The second-order valence-electron chi connectivity index (χ2n) is 6.16. The minimum Gasteiger partial charge on any atom is -0.459 e. The number of aromatic amines is 1. The van der Waals surface area contributed by atoms with Gasteiger partial charge in [-0.2, -0.15) is 0 Å². The molecule has 160 valence electrons. The van der Waals surface area contributed by atoms with Crippen LogP contribution >= 0.6 is 11.8 Å². The van der Waals surface area contributed by atoms with E-state index in [4.69, 9.17) is 10.2 Å². The molecular formula is C19H18N6O5S. The lowest BCUT2D eigenvalue weighted by Gasteiger charge is -2.09. The van der Waals surface area contributed by atoms with Gasteiger partial charge in [-0.15, -0.1) is 0 Å². The van der Waals surface area contributed by atoms with E-state index in [2.05, 4.69) is 25.9 Å². The molecule has 0 unspecified atom stereocenters. The minimum atomic E-state index is -0.668. The van der Waals surface area contributed by atoms with Crippen LogP contribution < -0.4 is 27.2 Å². The van der Waals surface area contributed by atoms with Crippen molar-refractivity contribution >= 4 is 52.4 Å². The monoisotopic (exact) mass is 442 g/mol. The summed E-state index contributed by atoms with van der Waals surface area (Å²) in [5, 5.41) is 7.75. The molecule has 0 aliphatic heterocycles. The van der Waals surface area contributed by atoms with E-state index in [1.807, 2.05) is 0 Å². The number of carbonyl (C=O) groups excluding carboxylic acids is 3. The molecule has 0 saturated heterocycles. The second kappa shape index (κ2) is 9.63. The van der Waals surface area contributed by atoms with Crippen molar-refractivity contribution in [3.63, 3.8) is 0 Å². The highest BCUT2D eigenvalue weighted by Crippen LogP contribution is 2.19. The fraction of sp³-hybridized carbons (Fsp3) is 0.105. The van der Waals surface area contributed by atoms with Crippen molar-refractivity contribution in [1.29, 1.82) is 0 Å². The lowest BCUT2D eigenvalue weighted by Crippen LogP contribution is -2.23. The van der Waals surface area contributed by atoms with E-state index < -0.39 is 11.5 Å². The van der Waals surface area contributed by atoms with E-state index in [1.165, 1.54) is 25.3 Å². The van der Waals surface area contributed by atoms with Gasteiger partial charge in [-0.3, -0.25) is 24.2 Å². The first-order chi connectivity index (χ1) is 14.8. The fourth-order valence-corrected chi connectivity index (χ4v) is 3.12. The Morgan fingerprint density at radius 2 is 1.87 bits per heavy atom. The Bertz CT molecular complexity index is 1170. The van der Waals surface area contributed by atoms with Gasteiger partial charge < -0.3 is 26.1 Å². The highest BCUT2D eigenvalue weighted by molar-refractivity contribution is 7.99. The number of anilines is 4. The summed E-state index contributed by atoms with van der Waals surface area (Å²) in [7, 11) is 0. The van der Waals surface area contributed by atoms with Crippen LogP contribution in [0, 0.1) is 0 Å². The highest BCUT2D eigenvalue weighted by atomic mass is 32.2. The van der Waals surface area contributed by atoms with Gasteiger partial charge in [0.25, 0.3) is 11.5 Å². The number of aromatic nitrogens is 2. The topological polar surface area (TPSA) is 172 Å². The van der Waals surface area contributed by atoms with Crippen molar-refractivity contribution < 1.29 is 18.8 Å². The van der Waals surface area contributed by atoms with E-state index in [9.17, 15) is 19.2 Å². The van der Waals surface area contributed by atoms with Crippen LogP contribution in [-0.4, -0.2) is 33.4 Å². The number of rotatable bonds is 7. The average molecular weight is 442 g/mol. The molecule has 31 heavy (non-hydrogen) atoms. The van der Waals surface area contributed by atoms with Crippen molar-refractivity contribution in [3.8, 4) is 0 Å². The molecule has 6 N–H and O–H groups in total. The minimum absolute atomic E-state index is 0.0106. The van der Waals surface area contributed by atoms with Crippen LogP contribution in [0.4, 0.5) is 22.9 Å². The molecular weight excluding hydrogens is 424 g/mol. The molecule has 12 heteroatoms. The Kier molecular flexibility index (Phi) is 6.72. The molecule has 0 radical (unpaired) electrons. The van der Waals surface area contributed by atoms with E-state index >= 15 is 0 Å². The van der Waals surface area contributed by atoms with E-state index in [0.717, 1.165) is 11.8 Å². The maximum absolute atomic E-state index is 12.3. The summed E-state index contributed by atoms with van der Waals surface area (Å²) in [6, 6.07) is 9.61. The summed E-state index contributed by atoms with van der Waals surface area (Å²) in [5.41, 5.74) is 5.94. The van der Waals surface area contributed by atoms with Crippen LogP contribution in [0.25, 0.3) is 0 Å². The first-order valence-corrected chi connectivity index (χ1v) is 9.85. The van der Waals surface area contributed by atoms with Crippen molar-refractivity contribution in [2.24, 2.45) is 0 Å². The first-order valence-electron chi connectivity index (χ1n) is 8.87. The summed E-state index contributed by atoms with van der Waals surface area (Å²) >= 11 is 0.957. The molecule has 0 spiro atoms. The quantitative estimate of drug-likeness (QED) is 0.272. The number of nitrogens with zero attached hydrogens (tertiary/aromatic N) is 1. The van der Waals surface area contributed by atoms with Gasteiger partial charge in [0.2, 0.25) is 11.8 Å². The number of H-pyrrole nitrogens is 1. The number of nitrogens with one attached hydrogen (secondary N) is 4. The van der Waals surface area contributed by atoms with E-state index in [-0.39, 0.29) is 40.0 Å². The fourth-order valence-electron chi connectivity index (χ4n) is 2.45. The third kappa shape index (κ3) is 5.96. The van der Waals surface area contributed by atoms with Crippen LogP contribution in [0.15, 0.2) is 57.0 Å². The molecule has 0 bridgehead atoms. The standard InChI is InChI=1S/C19H18N6O5S/c1-10(26)21-11-4-2-5-12(8-11)22-14(27)9-31-19-24-16(20)15(18(29)25-19)23-17(28)13-6-3-7-30-13/h2-8H,9H2,1H3,(H,21,26)(H,22,27)(H,23,28)(H3,20,24,25,29). The SMILES string of the molecule is CC(=O)Nc1cccc(NC(=O)CSc2nc(N)c(NC(=O)c3ccco3)c(=O)[nH]2)c1. The van der Waals surface area contributed by atoms with Gasteiger partial charge in [0, 0.05) is 18.3 Å². The summed E-state index contributed by atoms with van der Waals surface area (Å²) < 4.78 is 4.96. The third-order valence-corrected chi connectivity index (χ3v) is 4.59. The number of furan rings is 1. The highest BCUT2D eigenvalue weighted by Gasteiger charge is 2.16. The smallest absolute Gasteiger partial charge is 0.291 e. The number of thioether (sulfide) groups is 1. The summed E-state index contributed by atoms with van der Waals surface area (Å²) in [6.07, 6.45) is 1.32. The van der Waals surface area contributed by atoms with E-state index in [1.54, 1.807) is 24.3 Å². The summed E-state index contributed by atoms with van der Waals surface area (Å²) in [4.78, 5) is 54.1. The van der Waals surface area contributed by atoms with Gasteiger partial charge >= 0.3 is 0 Å².